The minimum absolute atomic E-state index is 0.533. The van der Waals surface area contributed by atoms with Crippen molar-refractivity contribution in [2.24, 2.45) is 5.92 Å². The van der Waals surface area contributed by atoms with Crippen LogP contribution >= 0.6 is 0 Å². The van der Waals surface area contributed by atoms with E-state index in [0.717, 1.165) is 24.8 Å². The SMILES string of the molecule is CC(C)N(CC1CCNCC1)CC1COc2ccccc21. The minimum Gasteiger partial charge on any atom is -0.493 e. The van der Waals surface area contributed by atoms with Crippen LogP contribution in [-0.2, 0) is 0 Å². The molecule has 21 heavy (non-hydrogen) atoms. The summed E-state index contributed by atoms with van der Waals surface area (Å²) in [6.07, 6.45) is 2.64. The molecule has 116 valence electrons. The summed E-state index contributed by atoms with van der Waals surface area (Å²) in [5.74, 6) is 2.48. The van der Waals surface area contributed by atoms with Crippen molar-refractivity contribution in [2.45, 2.75) is 38.6 Å². The van der Waals surface area contributed by atoms with Gasteiger partial charge in [-0.3, -0.25) is 4.90 Å². The molecule has 1 aromatic rings. The number of hydrogen-bond donors (Lipinski definition) is 1. The molecule has 1 unspecified atom stereocenters. The number of rotatable bonds is 5. The largest absolute Gasteiger partial charge is 0.493 e. The van der Waals surface area contributed by atoms with Gasteiger partial charge in [-0.25, -0.2) is 0 Å². The fourth-order valence-corrected chi connectivity index (χ4v) is 3.56. The maximum absolute atomic E-state index is 5.85. The van der Waals surface area contributed by atoms with Crippen LogP contribution in [0.5, 0.6) is 5.75 Å². The quantitative estimate of drug-likeness (QED) is 0.901. The highest BCUT2D eigenvalue weighted by molar-refractivity contribution is 5.39. The summed E-state index contributed by atoms with van der Waals surface area (Å²) >= 11 is 0. The van der Waals surface area contributed by atoms with Gasteiger partial charge < -0.3 is 10.1 Å². The first-order valence-electron chi connectivity index (χ1n) is 8.40. The van der Waals surface area contributed by atoms with Crippen LogP contribution in [0.1, 0.15) is 38.2 Å². The molecule has 3 nitrogen and oxygen atoms in total. The van der Waals surface area contributed by atoms with E-state index >= 15 is 0 Å². The molecule has 0 aromatic heterocycles. The summed E-state index contributed by atoms with van der Waals surface area (Å²) < 4.78 is 5.85. The number of nitrogens with zero attached hydrogens (tertiary/aromatic N) is 1. The van der Waals surface area contributed by atoms with Crippen molar-refractivity contribution >= 4 is 0 Å². The predicted molar refractivity (Wildman–Crippen MR) is 87.0 cm³/mol. The van der Waals surface area contributed by atoms with E-state index in [0.29, 0.717) is 12.0 Å². The van der Waals surface area contributed by atoms with Crippen molar-refractivity contribution in [3.05, 3.63) is 29.8 Å². The molecule has 2 aliphatic rings. The number of piperidine rings is 1. The van der Waals surface area contributed by atoms with E-state index in [1.807, 2.05) is 0 Å². The van der Waals surface area contributed by atoms with Gasteiger partial charge in [-0.05, 0) is 51.8 Å². The second-order valence-electron chi connectivity index (χ2n) is 6.79. The van der Waals surface area contributed by atoms with Gasteiger partial charge in [0.15, 0.2) is 0 Å². The third-order valence-electron chi connectivity index (χ3n) is 4.94. The lowest BCUT2D eigenvalue weighted by atomic mass is 9.95. The van der Waals surface area contributed by atoms with Gasteiger partial charge in [0.2, 0.25) is 0 Å². The maximum Gasteiger partial charge on any atom is 0.122 e. The monoisotopic (exact) mass is 288 g/mol. The number of ether oxygens (including phenoxy) is 1. The first-order chi connectivity index (χ1) is 10.2. The smallest absolute Gasteiger partial charge is 0.122 e. The van der Waals surface area contributed by atoms with Gasteiger partial charge in [0, 0.05) is 30.6 Å². The Morgan fingerprint density at radius 2 is 1.95 bits per heavy atom. The van der Waals surface area contributed by atoms with Crippen LogP contribution in [0.2, 0.25) is 0 Å². The maximum atomic E-state index is 5.85. The Morgan fingerprint density at radius 3 is 2.71 bits per heavy atom. The molecule has 1 aromatic carbocycles. The molecule has 0 amide bonds. The molecule has 0 aliphatic carbocycles. The van der Waals surface area contributed by atoms with Gasteiger partial charge in [-0.1, -0.05) is 18.2 Å². The zero-order valence-corrected chi connectivity index (χ0v) is 13.3. The van der Waals surface area contributed by atoms with Gasteiger partial charge in [0.1, 0.15) is 5.75 Å². The molecule has 3 rings (SSSR count). The lowest BCUT2D eigenvalue weighted by Gasteiger charge is -2.34. The number of benzene rings is 1. The minimum atomic E-state index is 0.533. The van der Waals surface area contributed by atoms with Crippen LogP contribution < -0.4 is 10.1 Å². The van der Waals surface area contributed by atoms with Gasteiger partial charge in [-0.2, -0.15) is 0 Å². The van der Waals surface area contributed by atoms with Crippen molar-refractivity contribution in [2.75, 3.05) is 32.8 Å². The van der Waals surface area contributed by atoms with Crippen molar-refractivity contribution in [1.29, 1.82) is 0 Å². The van der Waals surface area contributed by atoms with Crippen LogP contribution in [0, 0.1) is 5.92 Å². The van der Waals surface area contributed by atoms with Crippen molar-refractivity contribution in [3.63, 3.8) is 0 Å². The first-order valence-corrected chi connectivity index (χ1v) is 8.40. The molecule has 1 fully saturated rings. The van der Waals surface area contributed by atoms with Crippen LogP contribution in [0.15, 0.2) is 24.3 Å². The molecule has 0 radical (unpaired) electrons. The Bertz CT molecular complexity index is 454. The third-order valence-corrected chi connectivity index (χ3v) is 4.94. The highest BCUT2D eigenvalue weighted by Crippen LogP contribution is 2.34. The number of para-hydroxylation sites is 1. The molecule has 1 N–H and O–H groups in total. The number of fused-ring (bicyclic) bond motifs is 1. The van der Waals surface area contributed by atoms with E-state index in [1.165, 1.54) is 38.0 Å². The predicted octanol–water partition coefficient (Wildman–Crippen LogP) is 2.87. The molecule has 2 aliphatic heterocycles. The van der Waals surface area contributed by atoms with Crippen molar-refractivity contribution < 1.29 is 4.74 Å². The topological polar surface area (TPSA) is 24.5 Å². The average Bonchev–Trinajstić information content (AvgIpc) is 2.91. The molecule has 2 heterocycles. The van der Waals surface area contributed by atoms with E-state index in [-0.39, 0.29) is 0 Å². The summed E-state index contributed by atoms with van der Waals surface area (Å²) in [7, 11) is 0. The fourth-order valence-electron chi connectivity index (χ4n) is 3.56. The second kappa shape index (κ2) is 6.80. The fraction of sp³-hybridized carbons (Fsp3) is 0.667. The molecular formula is C18H28N2O. The summed E-state index contributed by atoms with van der Waals surface area (Å²) in [5, 5.41) is 3.46. The van der Waals surface area contributed by atoms with E-state index < -0.39 is 0 Å². The van der Waals surface area contributed by atoms with E-state index in [4.69, 9.17) is 4.74 Å². The Labute approximate surface area is 128 Å². The molecule has 0 spiro atoms. The lowest BCUT2D eigenvalue weighted by Crippen LogP contribution is -2.41. The van der Waals surface area contributed by atoms with Gasteiger partial charge in [0.25, 0.3) is 0 Å². The molecular weight excluding hydrogens is 260 g/mol. The highest BCUT2D eigenvalue weighted by atomic mass is 16.5. The van der Waals surface area contributed by atoms with E-state index in [9.17, 15) is 0 Å². The van der Waals surface area contributed by atoms with Gasteiger partial charge in [-0.15, -0.1) is 0 Å². The molecule has 1 saturated heterocycles. The zero-order chi connectivity index (χ0) is 14.7. The molecule has 1 atom stereocenters. The van der Waals surface area contributed by atoms with Crippen LogP contribution in [-0.4, -0.2) is 43.7 Å². The molecule has 0 bridgehead atoms. The van der Waals surface area contributed by atoms with Crippen LogP contribution in [0.4, 0.5) is 0 Å². The van der Waals surface area contributed by atoms with E-state index in [2.05, 4.69) is 48.3 Å². The third kappa shape index (κ3) is 3.58. The second-order valence-corrected chi connectivity index (χ2v) is 6.79. The molecule has 0 saturated carbocycles. The summed E-state index contributed by atoms with van der Waals surface area (Å²) in [5.41, 5.74) is 1.40. The van der Waals surface area contributed by atoms with Gasteiger partial charge >= 0.3 is 0 Å². The summed E-state index contributed by atoms with van der Waals surface area (Å²) in [6.45, 7) is 10.2. The highest BCUT2D eigenvalue weighted by Gasteiger charge is 2.28. The average molecular weight is 288 g/mol. The number of nitrogens with one attached hydrogen (secondary N) is 1. The lowest BCUT2D eigenvalue weighted by molar-refractivity contribution is 0.153. The Morgan fingerprint density at radius 1 is 1.19 bits per heavy atom. The summed E-state index contributed by atoms with van der Waals surface area (Å²) in [6, 6.07) is 9.13. The Hall–Kier alpha value is -1.06. The Kier molecular flexibility index (Phi) is 4.81. The Balaban J connectivity index is 1.63. The standard InChI is InChI=1S/C18H28N2O/c1-14(2)20(11-15-7-9-19-10-8-15)12-16-13-21-18-6-4-3-5-17(16)18/h3-6,14-16,19H,7-13H2,1-2H3. The summed E-state index contributed by atoms with van der Waals surface area (Å²) in [4.78, 5) is 2.66. The number of hydrogen-bond acceptors (Lipinski definition) is 3. The van der Waals surface area contributed by atoms with Crippen molar-refractivity contribution in [3.8, 4) is 5.75 Å². The molecule has 3 heteroatoms. The normalized spacial score (nSPS) is 22.6. The van der Waals surface area contributed by atoms with Crippen LogP contribution in [0.25, 0.3) is 0 Å². The van der Waals surface area contributed by atoms with Gasteiger partial charge in [0.05, 0.1) is 6.61 Å². The van der Waals surface area contributed by atoms with E-state index in [1.54, 1.807) is 0 Å². The van der Waals surface area contributed by atoms with Crippen LogP contribution in [0.3, 0.4) is 0 Å². The zero-order valence-electron chi connectivity index (χ0n) is 13.3. The first kappa shape index (κ1) is 14.9. The van der Waals surface area contributed by atoms with Crippen molar-refractivity contribution in [1.82, 2.24) is 10.2 Å².